The molecule has 1 aromatic rings. The molecular weight excluding hydrogens is 184 g/mol. The Bertz CT molecular complexity index is 329. The summed E-state index contributed by atoms with van der Waals surface area (Å²) in [5.74, 6) is 0. The molecule has 84 valence electrons. The third-order valence-corrected chi connectivity index (χ3v) is 2.65. The van der Waals surface area contributed by atoms with Crippen LogP contribution in [-0.4, -0.2) is 9.78 Å². The van der Waals surface area contributed by atoms with Crippen molar-refractivity contribution < 1.29 is 0 Å². The van der Waals surface area contributed by atoms with Crippen LogP contribution in [0.25, 0.3) is 5.57 Å². The number of aromatic nitrogens is 2. The largest absolute Gasteiger partial charge is 0.265 e. The van der Waals surface area contributed by atoms with E-state index >= 15 is 0 Å². The summed E-state index contributed by atoms with van der Waals surface area (Å²) in [5.41, 5.74) is 2.45. The normalized spacial score (nSPS) is 11.7. The monoisotopic (exact) mass is 206 g/mol. The van der Waals surface area contributed by atoms with Crippen LogP contribution in [0.5, 0.6) is 0 Å². The topological polar surface area (TPSA) is 17.8 Å². The first-order valence-electron chi connectivity index (χ1n) is 5.68. The van der Waals surface area contributed by atoms with E-state index in [1.54, 1.807) is 0 Å². The van der Waals surface area contributed by atoms with Crippen LogP contribution in [0.3, 0.4) is 0 Å². The standard InChI is InChI=1S/C13H22N2/c1-6-7-10-15-12(8-9-14-15)11(2)13(3,4)5/h8-9H,2,6-7,10H2,1,3-5H3. The minimum atomic E-state index is 0.115. The van der Waals surface area contributed by atoms with E-state index < -0.39 is 0 Å². The second-order valence-electron chi connectivity index (χ2n) is 5.02. The predicted molar refractivity (Wildman–Crippen MR) is 65.6 cm³/mol. The first kappa shape index (κ1) is 12.0. The van der Waals surface area contributed by atoms with E-state index in [4.69, 9.17) is 0 Å². The summed E-state index contributed by atoms with van der Waals surface area (Å²) < 4.78 is 2.07. The molecule has 1 rings (SSSR count). The van der Waals surface area contributed by atoms with Crippen LogP contribution >= 0.6 is 0 Å². The molecule has 1 heterocycles. The molecule has 0 radical (unpaired) electrons. The van der Waals surface area contributed by atoms with Crippen molar-refractivity contribution in [2.75, 3.05) is 0 Å². The molecule has 2 nitrogen and oxygen atoms in total. The molecule has 0 aliphatic rings. The summed E-state index contributed by atoms with van der Waals surface area (Å²) >= 11 is 0. The zero-order chi connectivity index (χ0) is 11.5. The van der Waals surface area contributed by atoms with E-state index in [2.05, 4.69) is 50.1 Å². The molecule has 2 heteroatoms. The Balaban J connectivity index is 2.85. The smallest absolute Gasteiger partial charge is 0.0641 e. The number of aryl methyl sites for hydroxylation is 1. The Morgan fingerprint density at radius 3 is 2.67 bits per heavy atom. The lowest BCUT2D eigenvalue weighted by atomic mass is 9.85. The van der Waals surface area contributed by atoms with Gasteiger partial charge in [-0.3, -0.25) is 4.68 Å². The van der Waals surface area contributed by atoms with E-state index in [-0.39, 0.29) is 5.41 Å². The Hall–Kier alpha value is -1.05. The Morgan fingerprint density at radius 2 is 2.13 bits per heavy atom. The molecule has 0 atom stereocenters. The van der Waals surface area contributed by atoms with Gasteiger partial charge in [0.2, 0.25) is 0 Å². The quantitative estimate of drug-likeness (QED) is 0.733. The molecule has 1 aromatic heterocycles. The summed E-state index contributed by atoms with van der Waals surface area (Å²) in [5, 5.41) is 4.34. The van der Waals surface area contributed by atoms with Crippen LogP contribution in [0.2, 0.25) is 0 Å². The van der Waals surface area contributed by atoms with Crippen LogP contribution in [0.1, 0.15) is 46.2 Å². The number of nitrogens with zero attached hydrogens (tertiary/aromatic N) is 2. The molecule has 15 heavy (non-hydrogen) atoms. The van der Waals surface area contributed by atoms with E-state index in [1.807, 2.05) is 6.20 Å². The predicted octanol–water partition coefficient (Wildman–Crippen LogP) is 3.74. The van der Waals surface area contributed by atoms with E-state index in [0.29, 0.717) is 0 Å². The fraction of sp³-hybridized carbons (Fsp3) is 0.615. The van der Waals surface area contributed by atoms with Crippen LogP contribution in [0.15, 0.2) is 18.8 Å². The molecular formula is C13H22N2. The number of allylic oxidation sites excluding steroid dienone is 1. The fourth-order valence-electron chi connectivity index (χ4n) is 1.46. The molecule has 0 saturated carbocycles. The van der Waals surface area contributed by atoms with Gasteiger partial charge in [0.25, 0.3) is 0 Å². The van der Waals surface area contributed by atoms with Gasteiger partial charge >= 0.3 is 0 Å². The van der Waals surface area contributed by atoms with Gasteiger partial charge in [0.1, 0.15) is 0 Å². The van der Waals surface area contributed by atoms with Crippen molar-refractivity contribution in [2.24, 2.45) is 5.41 Å². The zero-order valence-electron chi connectivity index (χ0n) is 10.4. The average molecular weight is 206 g/mol. The lowest BCUT2D eigenvalue weighted by Crippen LogP contribution is -2.12. The highest BCUT2D eigenvalue weighted by Gasteiger charge is 2.19. The summed E-state index contributed by atoms with van der Waals surface area (Å²) in [6, 6.07) is 2.06. The number of unbranched alkanes of at least 4 members (excludes halogenated alkanes) is 1. The minimum Gasteiger partial charge on any atom is -0.265 e. The first-order valence-corrected chi connectivity index (χ1v) is 5.68. The first-order chi connectivity index (χ1) is 6.96. The van der Waals surface area contributed by atoms with Gasteiger partial charge in [-0.1, -0.05) is 40.7 Å². The van der Waals surface area contributed by atoms with E-state index in [1.165, 1.54) is 18.5 Å². The highest BCUT2D eigenvalue weighted by Crippen LogP contribution is 2.31. The SMILES string of the molecule is C=C(c1ccnn1CCCC)C(C)(C)C. The van der Waals surface area contributed by atoms with Gasteiger partial charge in [-0.15, -0.1) is 0 Å². The van der Waals surface area contributed by atoms with Crippen LogP contribution in [0.4, 0.5) is 0 Å². The van der Waals surface area contributed by atoms with Crippen LogP contribution in [-0.2, 0) is 6.54 Å². The van der Waals surface area contributed by atoms with Gasteiger partial charge in [0, 0.05) is 12.7 Å². The van der Waals surface area contributed by atoms with Crippen molar-refractivity contribution >= 4 is 5.57 Å². The Kier molecular flexibility index (Phi) is 3.72. The number of hydrogen-bond acceptors (Lipinski definition) is 1. The summed E-state index contributed by atoms with van der Waals surface area (Å²) in [7, 11) is 0. The maximum absolute atomic E-state index is 4.34. The number of hydrogen-bond donors (Lipinski definition) is 0. The average Bonchev–Trinajstić information content (AvgIpc) is 2.59. The molecule has 0 saturated heterocycles. The molecule has 0 aliphatic carbocycles. The van der Waals surface area contributed by atoms with Gasteiger partial charge in [0.15, 0.2) is 0 Å². The molecule has 0 amide bonds. The third-order valence-electron chi connectivity index (χ3n) is 2.65. The lowest BCUT2D eigenvalue weighted by Gasteiger charge is -2.22. The molecule has 0 aliphatic heterocycles. The third kappa shape index (κ3) is 2.95. The van der Waals surface area contributed by atoms with Crippen molar-refractivity contribution in [1.29, 1.82) is 0 Å². The Labute approximate surface area is 93.0 Å². The van der Waals surface area contributed by atoms with Crippen LogP contribution < -0.4 is 0 Å². The molecule has 0 bridgehead atoms. The van der Waals surface area contributed by atoms with E-state index in [0.717, 1.165) is 12.1 Å². The Morgan fingerprint density at radius 1 is 1.47 bits per heavy atom. The fourth-order valence-corrected chi connectivity index (χ4v) is 1.46. The highest BCUT2D eigenvalue weighted by molar-refractivity contribution is 5.64. The maximum atomic E-state index is 4.34. The van der Waals surface area contributed by atoms with Crippen LogP contribution in [0, 0.1) is 5.41 Å². The molecule has 0 fully saturated rings. The van der Waals surface area contributed by atoms with Gasteiger partial charge in [0.05, 0.1) is 5.69 Å². The van der Waals surface area contributed by atoms with Crippen molar-refractivity contribution in [2.45, 2.75) is 47.1 Å². The second-order valence-corrected chi connectivity index (χ2v) is 5.02. The van der Waals surface area contributed by atoms with E-state index in [9.17, 15) is 0 Å². The van der Waals surface area contributed by atoms with Crippen molar-refractivity contribution in [3.8, 4) is 0 Å². The highest BCUT2D eigenvalue weighted by atomic mass is 15.3. The molecule has 0 unspecified atom stereocenters. The van der Waals surface area contributed by atoms with Gasteiger partial charge in [-0.05, 0) is 23.5 Å². The van der Waals surface area contributed by atoms with Gasteiger partial charge < -0.3 is 0 Å². The van der Waals surface area contributed by atoms with Crippen molar-refractivity contribution in [3.05, 3.63) is 24.5 Å². The zero-order valence-corrected chi connectivity index (χ0v) is 10.4. The summed E-state index contributed by atoms with van der Waals surface area (Å²) in [6.45, 7) is 13.9. The van der Waals surface area contributed by atoms with Gasteiger partial charge in [-0.25, -0.2) is 0 Å². The lowest BCUT2D eigenvalue weighted by molar-refractivity contribution is 0.532. The molecule has 0 N–H and O–H groups in total. The second kappa shape index (κ2) is 4.65. The summed E-state index contributed by atoms with van der Waals surface area (Å²) in [4.78, 5) is 0. The maximum Gasteiger partial charge on any atom is 0.0641 e. The van der Waals surface area contributed by atoms with Crippen molar-refractivity contribution in [3.63, 3.8) is 0 Å². The minimum absolute atomic E-state index is 0.115. The van der Waals surface area contributed by atoms with Crippen molar-refractivity contribution in [1.82, 2.24) is 9.78 Å². The summed E-state index contributed by atoms with van der Waals surface area (Å²) in [6.07, 6.45) is 4.23. The molecule has 0 spiro atoms. The number of rotatable bonds is 4. The molecule has 0 aromatic carbocycles. The van der Waals surface area contributed by atoms with Gasteiger partial charge in [-0.2, -0.15) is 5.10 Å².